The van der Waals surface area contributed by atoms with Gasteiger partial charge in [-0.2, -0.15) is 0 Å². The molecule has 0 aromatic heterocycles. The van der Waals surface area contributed by atoms with Crippen molar-refractivity contribution in [3.05, 3.63) is 35.9 Å². The fourth-order valence-corrected chi connectivity index (χ4v) is 4.60. The summed E-state index contributed by atoms with van der Waals surface area (Å²) >= 11 is 5.63. The first-order chi connectivity index (χ1) is 12.2. The normalized spacial score (nSPS) is 22.1. The zero-order chi connectivity index (χ0) is 17.5. The molecule has 1 aromatic rings. The Morgan fingerprint density at radius 3 is 2.48 bits per heavy atom. The van der Waals surface area contributed by atoms with E-state index in [1.54, 1.807) is 4.90 Å². The van der Waals surface area contributed by atoms with Crippen LogP contribution in [-0.4, -0.2) is 43.5 Å². The number of hydrogen-bond donors (Lipinski definition) is 3. The zero-order valence-corrected chi connectivity index (χ0v) is 16.1. The molecule has 0 amide bonds. The lowest BCUT2D eigenvalue weighted by molar-refractivity contribution is -0.940. The molecule has 0 radical (unpaired) electrons. The minimum Gasteiger partial charge on any atom is -0.370 e. The van der Waals surface area contributed by atoms with Crippen LogP contribution in [0.3, 0.4) is 0 Å². The predicted molar refractivity (Wildman–Crippen MR) is 106 cm³/mol. The molecule has 0 spiro atoms. The van der Waals surface area contributed by atoms with Gasteiger partial charge >= 0.3 is 0 Å². The molecule has 2 atom stereocenters. The summed E-state index contributed by atoms with van der Waals surface area (Å²) in [6.07, 6.45) is 6.49. The molecule has 3 N–H and O–H groups in total. The SMILES string of the molecule is C[C@@H](NC(=S)NC1CCCCC1)[C@H](c1ccccc1)[NH+]1CCOCC1. The summed E-state index contributed by atoms with van der Waals surface area (Å²) in [5, 5.41) is 7.94. The maximum Gasteiger partial charge on any atom is 0.166 e. The molecule has 1 aromatic carbocycles. The average molecular weight is 363 g/mol. The number of quaternary nitrogens is 1. The Balaban J connectivity index is 1.63. The van der Waals surface area contributed by atoms with Crippen LogP contribution in [0.2, 0.25) is 0 Å². The van der Waals surface area contributed by atoms with Crippen molar-refractivity contribution < 1.29 is 9.64 Å². The molecule has 2 fully saturated rings. The first-order valence-electron chi connectivity index (χ1n) is 9.78. The number of morpholine rings is 1. The molecular weight excluding hydrogens is 330 g/mol. The highest BCUT2D eigenvalue weighted by Crippen LogP contribution is 2.18. The van der Waals surface area contributed by atoms with Gasteiger partial charge in [0, 0.05) is 11.6 Å². The first kappa shape index (κ1) is 18.6. The van der Waals surface area contributed by atoms with E-state index in [0.717, 1.165) is 31.4 Å². The van der Waals surface area contributed by atoms with Gasteiger partial charge in [0.25, 0.3) is 0 Å². The van der Waals surface area contributed by atoms with E-state index in [9.17, 15) is 0 Å². The van der Waals surface area contributed by atoms with Crippen molar-refractivity contribution in [1.29, 1.82) is 0 Å². The van der Waals surface area contributed by atoms with Gasteiger partial charge in [0.2, 0.25) is 0 Å². The number of thiocarbonyl (C=S) groups is 1. The van der Waals surface area contributed by atoms with Crippen LogP contribution < -0.4 is 15.5 Å². The highest BCUT2D eigenvalue weighted by Gasteiger charge is 2.31. The van der Waals surface area contributed by atoms with Crippen LogP contribution in [0, 0.1) is 0 Å². The highest BCUT2D eigenvalue weighted by atomic mass is 32.1. The molecule has 1 saturated carbocycles. The number of benzene rings is 1. The van der Waals surface area contributed by atoms with E-state index in [2.05, 4.69) is 47.9 Å². The van der Waals surface area contributed by atoms with E-state index in [0.29, 0.717) is 12.1 Å². The molecule has 25 heavy (non-hydrogen) atoms. The molecule has 1 aliphatic heterocycles. The largest absolute Gasteiger partial charge is 0.370 e. The van der Waals surface area contributed by atoms with Crippen molar-refractivity contribution in [2.24, 2.45) is 0 Å². The summed E-state index contributed by atoms with van der Waals surface area (Å²) in [6.45, 7) is 6.05. The lowest BCUT2D eigenvalue weighted by Gasteiger charge is -2.36. The van der Waals surface area contributed by atoms with E-state index in [4.69, 9.17) is 17.0 Å². The van der Waals surface area contributed by atoms with Gasteiger partial charge in [0.1, 0.15) is 19.1 Å². The molecule has 0 bridgehead atoms. The average Bonchev–Trinajstić information content (AvgIpc) is 2.64. The molecule has 3 rings (SSSR count). The second-order valence-electron chi connectivity index (χ2n) is 7.40. The van der Waals surface area contributed by atoms with Gasteiger partial charge in [0.15, 0.2) is 5.11 Å². The monoisotopic (exact) mass is 362 g/mol. The predicted octanol–water partition coefficient (Wildman–Crippen LogP) is 1.83. The minimum atomic E-state index is 0.277. The number of hydrogen-bond acceptors (Lipinski definition) is 2. The molecule has 1 heterocycles. The number of nitrogens with one attached hydrogen (secondary N) is 3. The van der Waals surface area contributed by atoms with E-state index in [-0.39, 0.29) is 6.04 Å². The van der Waals surface area contributed by atoms with Crippen molar-refractivity contribution in [2.75, 3.05) is 26.3 Å². The van der Waals surface area contributed by atoms with Gasteiger partial charge in [-0.15, -0.1) is 0 Å². The highest BCUT2D eigenvalue weighted by molar-refractivity contribution is 7.80. The third kappa shape index (κ3) is 5.40. The Kier molecular flexibility index (Phi) is 7.08. The second kappa shape index (κ2) is 9.51. The lowest BCUT2D eigenvalue weighted by Crippen LogP contribution is -3.15. The third-order valence-corrected chi connectivity index (χ3v) is 5.77. The van der Waals surface area contributed by atoms with E-state index in [1.165, 1.54) is 37.7 Å². The summed E-state index contributed by atoms with van der Waals surface area (Å²) in [4.78, 5) is 1.58. The van der Waals surface area contributed by atoms with Crippen molar-refractivity contribution in [3.63, 3.8) is 0 Å². The third-order valence-electron chi connectivity index (χ3n) is 5.53. The number of rotatable bonds is 5. The molecule has 1 saturated heterocycles. The van der Waals surface area contributed by atoms with Crippen LogP contribution in [0.15, 0.2) is 30.3 Å². The Labute approximate surface area is 157 Å². The quantitative estimate of drug-likeness (QED) is 0.699. The molecular formula is C20H32N3OS+. The molecule has 5 heteroatoms. The fourth-order valence-electron chi connectivity index (χ4n) is 4.25. The van der Waals surface area contributed by atoms with Gasteiger partial charge in [-0.05, 0) is 32.0 Å². The van der Waals surface area contributed by atoms with Crippen molar-refractivity contribution in [2.45, 2.75) is 57.2 Å². The van der Waals surface area contributed by atoms with Crippen molar-refractivity contribution >= 4 is 17.3 Å². The Bertz CT molecular complexity index is 527. The molecule has 0 unspecified atom stereocenters. The van der Waals surface area contributed by atoms with Crippen LogP contribution >= 0.6 is 12.2 Å². The summed E-state index contributed by atoms with van der Waals surface area (Å²) in [5.74, 6) is 0. The van der Waals surface area contributed by atoms with E-state index in [1.807, 2.05) is 0 Å². The maximum atomic E-state index is 5.63. The van der Waals surface area contributed by atoms with Crippen LogP contribution in [0.5, 0.6) is 0 Å². The summed E-state index contributed by atoms with van der Waals surface area (Å²) in [5.41, 5.74) is 1.37. The van der Waals surface area contributed by atoms with Crippen LogP contribution in [-0.2, 0) is 4.74 Å². The van der Waals surface area contributed by atoms with Gasteiger partial charge in [-0.25, -0.2) is 0 Å². The molecule has 4 nitrogen and oxygen atoms in total. The molecule has 1 aliphatic carbocycles. The lowest BCUT2D eigenvalue weighted by atomic mass is 9.95. The fraction of sp³-hybridized carbons (Fsp3) is 0.650. The Morgan fingerprint density at radius 1 is 1.12 bits per heavy atom. The van der Waals surface area contributed by atoms with Crippen LogP contribution in [0.4, 0.5) is 0 Å². The van der Waals surface area contributed by atoms with E-state index < -0.39 is 0 Å². The Morgan fingerprint density at radius 2 is 1.80 bits per heavy atom. The number of ether oxygens (including phenoxy) is 1. The topological polar surface area (TPSA) is 37.7 Å². The van der Waals surface area contributed by atoms with Crippen LogP contribution in [0.25, 0.3) is 0 Å². The second-order valence-corrected chi connectivity index (χ2v) is 7.81. The van der Waals surface area contributed by atoms with Crippen molar-refractivity contribution in [3.8, 4) is 0 Å². The first-order valence-corrected chi connectivity index (χ1v) is 10.2. The molecule has 2 aliphatic rings. The van der Waals surface area contributed by atoms with Gasteiger partial charge in [-0.1, -0.05) is 49.6 Å². The smallest absolute Gasteiger partial charge is 0.166 e. The zero-order valence-electron chi connectivity index (χ0n) is 15.3. The Hall–Kier alpha value is -1.17. The van der Waals surface area contributed by atoms with Gasteiger partial charge in [0.05, 0.1) is 19.3 Å². The molecule has 138 valence electrons. The van der Waals surface area contributed by atoms with Gasteiger partial charge < -0.3 is 20.3 Å². The van der Waals surface area contributed by atoms with Crippen LogP contribution in [0.1, 0.15) is 50.6 Å². The van der Waals surface area contributed by atoms with E-state index >= 15 is 0 Å². The standard InChI is InChI=1S/C20H31N3OS/c1-16(21-20(25)22-18-10-6-3-7-11-18)19(17-8-4-2-5-9-17)23-12-14-24-15-13-23/h2,4-5,8-9,16,18-19H,3,6-7,10-15H2,1H3,(H2,21,22,25)/p+1/t16-,19-/m1/s1. The summed E-state index contributed by atoms with van der Waals surface area (Å²) in [7, 11) is 0. The summed E-state index contributed by atoms with van der Waals surface area (Å²) < 4.78 is 5.57. The minimum absolute atomic E-state index is 0.277. The summed E-state index contributed by atoms with van der Waals surface area (Å²) in [6, 6.07) is 12.0. The maximum absolute atomic E-state index is 5.63. The van der Waals surface area contributed by atoms with Crippen molar-refractivity contribution in [1.82, 2.24) is 10.6 Å². The van der Waals surface area contributed by atoms with Gasteiger partial charge in [-0.3, -0.25) is 0 Å².